The predicted molar refractivity (Wildman–Crippen MR) is 117 cm³/mol. The maximum Gasteiger partial charge on any atom is 0.306 e. The fourth-order valence-corrected chi connectivity index (χ4v) is 4.91. The minimum atomic E-state index is -2.90. The molecule has 2 unspecified atom stereocenters. The van der Waals surface area contributed by atoms with Gasteiger partial charge in [0.15, 0.2) is 0 Å². The third kappa shape index (κ3) is 5.44. The van der Waals surface area contributed by atoms with Gasteiger partial charge in [0.2, 0.25) is 0 Å². The summed E-state index contributed by atoms with van der Waals surface area (Å²) in [6.45, 7) is 1.55. The lowest BCUT2D eigenvalue weighted by atomic mass is 9.79. The first-order valence-corrected chi connectivity index (χ1v) is 11.4. The molecule has 2 fully saturated rings. The van der Waals surface area contributed by atoms with Crippen LogP contribution >= 0.6 is 0 Å². The number of carbonyl (C=O) groups excluding carboxylic acids is 1. The van der Waals surface area contributed by atoms with Crippen molar-refractivity contribution in [3.8, 4) is 0 Å². The molecule has 1 saturated carbocycles. The highest BCUT2D eigenvalue weighted by atomic mass is 19.3. The first-order chi connectivity index (χ1) is 15.3. The molecule has 1 N–H and O–H groups in total. The largest absolute Gasteiger partial charge is 0.469 e. The molecular formula is C25H31F3N2O2. The van der Waals surface area contributed by atoms with Crippen molar-refractivity contribution in [3.05, 3.63) is 59.7 Å². The highest BCUT2D eigenvalue weighted by Gasteiger charge is 2.45. The summed E-state index contributed by atoms with van der Waals surface area (Å²) in [7, 11) is 1.36. The summed E-state index contributed by atoms with van der Waals surface area (Å²) in [6, 6.07) is 10.5. The van der Waals surface area contributed by atoms with Gasteiger partial charge in [-0.3, -0.25) is 9.69 Å². The Labute approximate surface area is 187 Å². The first-order valence-electron chi connectivity index (χ1n) is 11.4. The molecule has 32 heavy (non-hydrogen) atoms. The fraction of sp³-hybridized carbons (Fsp3) is 0.560. The van der Waals surface area contributed by atoms with Crippen molar-refractivity contribution in [2.45, 2.75) is 61.7 Å². The van der Waals surface area contributed by atoms with Crippen molar-refractivity contribution in [1.82, 2.24) is 10.2 Å². The van der Waals surface area contributed by atoms with Crippen LogP contribution in [0.15, 0.2) is 54.1 Å². The molecule has 1 aromatic carbocycles. The molecule has 0 aromatic heterocycles. The summed E-state index contributed by atoms with van der Waals surface area (Å²) in [4.78, 5) is 13.8. The van der Waals surface area contributed by atoms with Crippen molar-refractivity contribution >= 4 is 5.97 Å². The Hall–Kier alpha value is -2.12. The van der Waals surface area contributed by atoms with Gasteiger partial charge in [0, 0.05) is 50.5 Å². The van der Waals surface area contributed by atoms with Crippen molar-refractivity contribution in [2.75, 3.05) is 26.7 Å². The van der Waals surface area contributed by atoms with E-state index in [0.29, 0.717) is 37.2 Å². The number of likely N-dealkylation sites (tertiary alicyclic amines) is 1. The molecule has 0 amide bonds. The Bertz CT molecular complexity index is 873. The lowest BCUT2D eigenvalue weighted by molar-refractivity contribution is -0.141. The van der Waals surface area contributed by atoms with Crippen LogP contribution in [0, 0.1) is 0 Å². The average molecular weight is 449 g/mol. The Kier molecular flexibility index (Phi) is 6.77. The second-order valence-electron chi connectivity index (χ2n) is 9.16. The monoisotopic (exact) mass is 448 g/mol. The van der Waals surface area contributed by atoms with Gasteiger partial charge in [0.1, 0.15) is 5.67 Å². The minimum absolute atomic E-state index is 0.132. The number of carbonyl (C=O) groups is 1. The van der Waals surface area contributed by atoms with E-state index in [9.17, 15) is 13.6 Å². The molecule has 2 aliphatic carbocycles. The van der Waals surface area contributed by atoms with Gasteiger partial charge >= 0.3 is 5.97 Å². The van der Waals surface area contributed by atoms with Gasteiger partial charge in [-0.15, -0.1) is 0 Å². The van der Waals surface area contributed by atoms with Gasteiger partial charge in [-0.05, 0) is 30.1 Å². The van der Waals surface area contributed by atoms with Crippen molar-refractivity contribution in [2.24, 2.45) is 0 Å². The minimum Gasteiger partial charge on any atom is -0.469 e. The molecule has 1 aliphatic heterocycles. The smallest absolute Gasteiger partial charge is 0.306 e. The summed E-state index contributed by atoms with van der Waals surface area (Å²) < 4.78 is 47.7. The fourth-order valence-electron chi connectivity index (χ4n) is 4.91. The standard InChI is InChI=1S/C25H31F3N2O2/c1-32-23(31)9-13-30-14-12-24(26,19-7-10-25(27,28)11-8-19)16-20(30)17-29-22-15-21(22)18-5-3-2-4-6-18/h2-8,10,20-22,29H,9,11-17H2,1H3/t20?,21-,22+,24?/m0/s1. The zero-order valence-electron chi connectivity index (χ0n) is 18.4. The van der Waals surface area contributed by atoms with E-state index in [1.165, 1.54) is 24.8 Å². The zero-order valence-corrected chi connectivity index (χ0v) is 18.4. The lowest BCUT2D eigenvalue weighted by Crippen LogP contribution is -2.53. The number of halogens is 3. The molecule has 1 saturated heterocycles. The molecule has 7 heteroatoms. The van der Waals surface area contributed by atoms with Crippen LogP contribution in [-0.4, -0.2) is 61.3 Å². The van der Waals surface area contributed by atoms with Crippen molar-refractivity contribution < 1.29 is 22.7 Å². The van der Waals surface area contributed by atoms with E-state index in [0.717, 1.165) is 12.5 Å². The number of rotatable bonds is 8. The third-order valence-corrected chi connectivity index (χ3v) is 6.95. The van der Waals surface area contributed by atoms with Crippen LogP contribution in [0.4, 0.5) is 13.2 Å². The number of nitrogens with zero attached hydrogens (tertiary/aromatic N) is 1. The van der Waals surface area contributed by atoms with Gasteiger partial charge in [-0.2, -0.15) is 0 Å². The maximum absolute atomic E-state index is 16.0. The summed E-state index contributed by atoms with van der Waals surface area (Å²) in [6.07, 6.45) is 4.69. The van der Waals surface area contributed by atoms with Gasteiger partial charge in [0.05, 0.1) is 13.5 Å². The normalized spacial score (nSPS) is 31.8. The van der Waals surface area contributed by atoms with Gasteiger partial charge in [-0.1, -0.05) is 42.5 Å². The van der Waals surface area contributed by atoms with Crippen molar-refractivity contribution in [3.63, 3.8) is 0 Å². The molecule has 1 heterocycles. The van der Waals surface area contributed by atoms with E-state index in [-0.39, 0.29) is 31.3 Å². The molecule has 0 radical (unpaired) electrons. The highest BCUT2D eigenvalue weighted by molar-refractivity contribution is 5.69. The first kappa shape index (κ1) is 23.1. The van der Waals surface area contributed by atoms with E-state index in [2.05, 4.69) is 22.3 Å². The van der Waals surface area contributed by atoms with Gasteiger partial charge in [0.25, 0.3) is 5.92 Å². The number of ether oxygens (including phenoxy) is 1. The Balaban J connectivity index is 1.40. The number of allylic oxidation sites excluding steroid dienone is 4. The average Bonchev–Trinajstić information content (AvgIpc) is 3.57. The molecule has 0 spiro atoms. The SMILES string of the molecule is COC(=O)CCN1CCC(F)(C2=CCC(F)(F)C=C2)CC1CN[C@@H]1C[C@H]1c1ccccc1. The molecule has 4 nitrogen and oxygen atoms in total. The molecule has 0 bridgehead atoms. The molecule has 174 valence electrons. The van der Waals surface area contributed by atoms with Crippen LogP contribution in [0.5, 0.6) is 0 Å². The molecule has 1 aromatic rings. The lowest BCUT2D eigenvalue weighted by Gasteiger charge is -2.44. The van der Waals surface area contributed by atoms with Crippen molar-refractivity contribution in [1.29, 1.82) is 0 Å². The maximum atomic E-state index is 16.0. The summed E-state index contributed by atoms with van der Waals surface area (Å²) in [5, 5.41) is 3.58. The summed E-state index contributed by atoms with van der Waals surface area (Å²) in [5.74, 6) is -2.73. The van der Waals surface area contributed by atoms with E-state index in [1.54, 1.807) is 0 Å². The molecule has 4 rings (SSSR count). The Morgan fingerprint density at radius 2 is 2.03 bits per heavy atom. The van der Waals surface area contributed by atoms with Crippen LogP contribution in [0.2, 0.25) is 0 Å². The number of esters is 1. The molecular weight excluding hydrogens is 417 g/mol. The number of methoxy groups -OCH3 is 1. The van der Waals surface area contributed by atoms with Crippen LogP contribution in [0.1, 0.15) is 43.6 Å². The van der Waals surface area contributed by atoms with E-state index < -0.39 is 18.0 Å². The third-order valence-electron chi connectivity index (χ3n) is 6.95. The zero-order chi connectivity index (χ0) is 22.8. The van der Waals surface area contributed by atoms with E-state index in [1.807, 2.05) is 18.2 Å². The Morgan fingerprint density at radius 1 is 1.25 bits per heavy atom. The van der Waals surface area contributed by atoms with Crippen LogP contribution < -0.4 is 5.32 Å². The van der Waals surface area contributed by atoms with Crippen LogP contribution in [0.3, 0.4) is 0 Å². The number of benzene rings is 1. The van der Waals surface area contributed by atoms with Crippen LogP contribution in [0.25, 0.3) is 0 Å². The van der Waals surface area contributed by atoms with Crippen LogP contribution in [-0.2, 0) is 9.53 Å². The topological polar surface area (TPSA) is 41.6 Å². The number of piperidine rings is 1. The van der Waals surface area contributed by atoms with E-state index in [4.69, 9.17) is 4.74 Å². The summed E-state index contributed by atoms with van der Waals surface area (Å²) >= 11 is 0. The van der Waals surface area contributed by atoms with Gasteiger partial charge < -0.3 is 10.1 Å². The molecule has 4 atom stereocenters. The second-order valence-corrected chi connectivity index (χ2v) is 9.16. The number of hydrogen-bond acceptors (Lipinski definition) is 4. The number of hydrogen-bond donors (Lipinski definition) is 1. The van der Waals surface area contributed by atoms with Gasteiger partial charge in [-0.25, -0.2) is 13.2 Å². The molecule has 3 aliphatic rings. The highest BCUT2D eigenvalue weighted by Crippen LogP contribution is 2.43. The van der Waals surface area contributed by atoms with E-state index >= 15 is 4.39 Å². The summed E-state index contributed by atoms with van der Waals surface area (Å²) in [5.41, 5.74) is 0.0211. The number of nitrogens with one attached hydrogen (secondary N) is 1. The second kappa shape index (κ2) is 9.40. The predicted octanol–water partition coefficient (Wildman–Crippen LogP) is 4.39. The Morgan fingerprint density at radius 3 is 2.72 bits per heavy atom. The quantitative estimate of drug-likeness (QED) is 0.599. The number of alkyl halides is 3.